The largest absolute Gasteiger partial charge is 0.497 e. The topological polar surface area (TPSA) is 97.7 Å². The van der Waals surface area contributed by atoms with Gasteiger partial charge in [-0.25, -0.2) is 9.48 Å². The van der Waals surface area contributed by atoms with Gasteiger partial charge in [0.25, 0.3) is 0 Å². The molecule has 0 atom stereocenters. The van der Waals surface area contributed by atoms with Crippen LogP contribution in [-0.2, 0) is 4.79 Å². The van der Waals surface area contributed by atoms with Gasteiger partial charge in [-0.1, -0.05) is 55.5 Å². The molecule has 1 heterocycles. The van der Waals surface area contributed by atoms with Gasteiger partial charge in [0.05, 0.1) is 25.6 Å². The zero-order valence-corrected chi connectivity index (χ0v) is 23.5. The fourth-order valence-corrected chi connectivity index (χ4v) is 4.52. The normalized spacial score (nSPS) is 10.6. The fourth-order valence-electron chi connectivity index (χ4n) is 4.52. The zero-order chi connectivity index (χ0) is 28.6. The van der Waals surface area contributed by atoms with E-state index in [1.165, 1.54) is 4.90 Å². The van der Waals surface area contributed by atoms with Crippen LogP contribution in [0.15, 0.2) is 72.8 Å². The maximum atomic E-state index is 13.5. The maximum absolute atomic E-state index is 13.5. The summed E-state index contributed by atoms with van der Waals surface area (Å²) in [6.45, 7) is 6.12. The van der Waals surface area contributed by atoms with Gasteiger partial charge in [0.1, 0.15) is 23.9 Å². The average Bonchev–Trinajstić information content (AvgIpc) is 3.27. The molecule has 208 valence electrons. The predicted molar refractivity (Wildman–Crippen MR) is 158 cm³/mol. The van der Waals surface area contributed by atoms with Crippen molar-refractivity contribution in [2.45, 2.75) is 27.2 Å². The fraction of sp³-hybridized carbons (Fsp3) is 0.258. The number of rotatable bonds is 10. The van der Waals surface area contributed by atoms with Crippen LogP contribution in [0, 0.1) is 13.8 Å². The zero-order valence-electron chi connectivity index (χ0n) is 23.5. The van der Waals surface area contributed by atoms with Gasteiger partial charge < -0.3 is 25.0 Å². The highest BCUT2D eigenvalue weighted by atomic mass is 16.5. The summed E-state index contributed by atoms with van der Waals surface area (Å²) in [5.41, 5.74) is 4.92. The molecule has 0 unspecified atom stereocenters. The number of amides is 3. The predicted octanol–water partition coefficient (Wildman–Crippen LogP) is 6.06. The van der Waals surface area contributed by atoms with Gasteiger partial charge in [-0.3, -0.25) is 4.79 Å². The summed E-state index contributed by atoms with van der Waals surface area (Å²) in [5.74, 6) is 1.31. The number of benzene rings is 3. The van der Waals surface area contributed by atoms with E-state index < -0.39 is 6.03 Å². The SMILES string of the molecule is CCCN(CC(=O)Nc1c(-c2ccccc2)c(C)nn1-c1ccccc1C)C(=O)Nc1cc(OC)cc(OC)c1. The van der Waals surface area contributed by atoms with Crippen molar-refractivity contribution in [1.82, 2.24) is 14.7 Å². The molecule has 4 rings (SSSR count). The summed E-state index contributed by atoms with van der Waals surface area (Å²) in [6.07, 6.45) is 0.678. The number of carbonyl (C=O) groups is 2. The molecule has 40 heavy (non-hydrogen) atoms. The second kappa shape index (κ2) is 12.8. The molecule has 3 amide bonds. The molecule has 1 aromatic heterocycles. The molecule has 0 aliphatic carbocycles. The summed E-state index contributed by atoms with van der Waals surface area (Å²) in [4.78, 5) is 28.2. The Labute approximate surface area is 234 Å². The van der Waals surface area contributed by atoms with E-state index in [2.05, 4.69) is 10.6 Å². The molecular weight excluding hydrogens is 506 g/mol. The minimum Gasteiger partial charge on any atom is -0.497 e. The lowest BCUT2D eigenvalue weighted by Gasteiger charge is -2.23. The summed E-state index contributed by atoms with van der Waals surface area (Å²) in [5, 5.41) is 10.7. The van der Waals surface area contributed by atoms with Crippen LogP contribution >= 0.6 is 0 Å². The van der Waals surface area contributed by atoms with E-state index in [1.807, 2.05) is 75.4 Å². The number of aryl methyl sites for hydroxylation is 2. The second-order valence-electron chi connectivity index (χ2n) is 9.37. The first kappa shape index (κ1) is 28.2. The van der Waals surface area contributed by atoms with Crippen molar-refractivity contribution < 1.29 is 19.1 Å². The number of hydrogen-bond donors (Lipinski definition) is 2. The third kappa shape index (κ3) is 6.43. The summed E-state index contributed by atoms with van der Waals surface area (Å²) < 4.78 is 12.4. The van der Waals surface area contributed by atoms with Gasteiger partial charge in [0.15, 0.2) is 0 Å². The van der Waals surface area contributed by atoms with Crippen LogP contribution in [0.25, 0.3) is 16.8 Å². The number of carbonyl (C=O) groups excluding carboxylic acids is 2. The van der Waals surface area contributed by atoms with Gasteiger partial charge in [-0.15, -0.1) is 0 Å². The standard InChI is InChI=1S/C31H35N5O4/c1-6-16-35(31(38)32-24-17-25(39-4)19-26(18-24)40-5)20-28(37)33-30-29(23-13-8-7-9-14-23)22(3)34-36(30)27-15-11-10-12-21(27)2/h7-15,17-19H,6,16,20H2,1-5H3,(H,32,38)(H,33,37). The van der Waals surface area contributed by atoms with E-state index in [0.717, 1.165) is 28.1 Å². The van der Waals surface area contributed by atoms with Gasteiger partial charge in [-0.05, 0) is 37.5 Å². The highest BCUT2D eigenvalue weighted by molar-refractivity contribution is 5.99. The number of hydrogen-bond acceptors (Lipinski definition) is 5. The minimum absolute atomic E-state index is 0.146. The van der Waals surface area contributed by atoms with Crippen LogP contribution in [0.3, 0.4) is 0 Å². The Morgan fingerprint density at radius 2 is 1.55 bits per heavy atom. The summed E-state index contributed by atoms with van der Waals surface area (Å²) in [7, 11) is 3.09. The first-order valence-electron chi connectivity index (χ1n) is 13.1. The van der Waals surface area contributed by atoms with E-state index in [0.29, 0.717) is 36.0 Å². The number of para-hydroxylation sites is 1. The number of nitrogens with zero attached hydrogens (tertiary/aromatic N) is 3. The van der Waals surface area contributed by atoms with E-state index in [4.69, 9.17) is 14.6 Å². The molecule has 0 spiro atoms. The Balaban J connectivity index is 1.62. The van der Waals surface area contributed by atoms with Crippen LogP contribution in [0.5, 0.6) is 11.5 Å². The quantitative estimate of drug-likeness (QED) is 0.255. The average molecular weight is 542 g/mol. The summed E-state index contributed by atoms with van der Waals surface area (Å²) >= 11 is 0. The Morgan fingerprint density at radius 1 is 0.900 bits per heavy atom. The molecular formula is C31H35N5O4. The number of aromatic nitrogens is 2. The van der Waals surface area contributed by atoms with Crippen molar-refractivity contribution in [3.63, 3.8) is 0 Å². The molecule has 0 saturated heterocycles. The second-order valence-corrected chi connectivity index (χ2v) is 9.37. The lowest BCUT2D eigenvalue weighted by Crippen LogP contribution is -2.41. The van der Waals surface area contributed by atoms with Gasteiger partial charge in [0, 0.05) is 36.0 Å². The lowest BCUT2D eigenvalue weighted by atomic mass is 10.1. The van der Waals surface area contributed by atoms with E-state index in [1.54, 1.807) is 37.1 Å². The minimum atomic E-state index is -0.404. The summed E-state index contributed by atoms with van der Waals surface area (Å²) in [6, 6.07) is 22.4. The molecule has 0 aliphatic heterocycles. The molecule has 0 radical (unpaired) electrons. The first-order valence-corrected chi connectivity index (χ1v) is 13.1. The highest BCUT2D eigenvalue weighted by Gasteiger charge is 2.23. The Morgan fingerprint density at radius 3 is 2.17 bits per heavy atom. The lowest BCUT2D eigenvalue weighted by molar-refractivity contribution is -0.116. The Hall–Kier alpha value is -4.79. The molecule has 9 nitrogen and oxygen atoms in total. The molecule has 0 saturated carbocycles. The van der Waals surface area contributed by atoms with Gasteiger partial charge >= 0.3 is 6.03 Å². The van der Waals surface area contributed by atoms with Crippen LogP contribution in [0.2, 0.25) is 0 Å². The monoisotopic (exact) mass is 541 g/mol. The Bertz CT molecular complexity index is 1460. The molecule has 9 heteroatoms. The van der Waals surface area contributed by atoms with Crippen molar-refractivity contribution in [3.05, 3.63) is 84.1 Å². The van der Waals surface area contributed by atoms with Crippen molar-refractivity contribution in [3.8, 4) is 28.3 Å². The van der Waals surface area contributed by atoms with Crippen molar-refractivity contribution in [1.29, 1.82) is 0 Å². The molecule has 0 fully saturated rings. The molecule has 0 aliphatic rings. The molecule has 2 N–H and O–H groups in total. The van der Waals surface area contributed by atoms with Crippen molar-refractivity contribution >= 4 is 23.4 Å². The number of ether oxygens (including phenoxy) is 2. The molecule has 3 aromatic carbocycles. The number of nitrogens with one attached hydrogen (secondary N) is 2. The van der Waals surface area contributed by atoms with Crippen molar-refractivity contribution in [2.75, 3.05) is 37.9 Å². The third-order valence-corrected chi connectivity index (χ3v) is 6.44. The van der Waals surface area contributed by atoms with E-state index in [-0.39, 0.29) is 12.5 Å². The highest BCUT2D eigenvalue weighted by Crippen LogP contribution is 2.34. The smallest absolute Gasteiger partial charge is 0.322 e. The number of methoxy groups -OCH3 is 2. The number of urea groups is 1. The van der Waals surface area contributed by atoms with Crippen molar-refractivity contribution in [2.24, 2.45) is 0 Å². The molecule has 4 aromatic rings. The van der Waals surface area contributed by atoms with Gasteiger partial charge in [-0.2, -0.15) is 5.10 Å². The Kier molecular flexibility index (Phi) is 9.06. The van der Waals surface area contributed by atoms with Crippen LogP contribution in [-0.4, -0.2) is 53.9 Å². The van der Waals surface area contributed by atoms with Crippen LogP contribution < -0.4 is 20.1 Å². The van der Waals surface area contributed by atoms with E-state index in [9.17, 15) is 9.59 Å². The molecule has 0 bridgehead atoms. The maximum Gasteiger partial charge on any atom is 0.322 e. The van der Waals surface area contributed by atoms with Gasteiger partial charge in [0.2, 0.25) is 5.91 Å². The number of anilines is 2. The van der Waals surface area contributed by atoms with Crippen LogP contribution in [0.4, 0.5) is 16.3 Å². The first-order chi connectivity index (χ1) is 19.3. The van der Waals surface area contributed by atoms with Crippen LogP contribution in [0.1, 0.15) is 24.6 Å². The third-order valence-electron chi connectivity index (χ3n) is 6.44. The van der Waals surface area contributed by atoms with E-state index >= 15 is 0 Å².